The Labute approximate surface area is 216 Å². The number of carbonyl (C=O) groups excluding carboxylic acids is 1. The molecule has 8 heteroatoms. The lowest BCUT2D eigenvalue weighted by molar-refractivity contribution is -0.116. The molecule has 2 atom stereocenters. The third-order valence-corrected chi connectivity index (χ3v) is 6.78. The van der Waals surface area contributed by atoms with E-state index in [1.54, 1.807) is 12.4 Å². The highest BCUT2D eigenvalue weighted by Crippen LogP contribution is 2.39. The maximum Gasteiger partial charge on any atom is 0.226 e. The second-order valence-electron chi connectivity index (χ2n) is 8.82. The molecule has 182 valence electrons. The lowest BCUT2D eigenvalue weighted by Gasteiger charge is -2.28. The molecule has 5 rings (SSSR count). The highest BCUT2D eigenvalue weighted by Gasteiger charge is 2.41. The highest BCUT2D eigenvalue weighted by atomic mass is 32.1. The number of aromatic nitrogens is 3. The van der Waals surface area contributed by atoms with E-state index >= 15 is 0 Å². The third kappa shape index (κ3) is 5.13. The van der Waals surface area contributed by atoms with Crippen LogP contribution in [0.25, 0.3) is 0 Å². The van der Waals surface area contributed by atoms with Gasteiger partial charge in [-0.2, -0.15) is 0 Å². The number of amides is 1. The normalized spacial score (nSPS) is 17.1. The van der Waals surface area contributed by atoms with Crippen LogP contribution in [-0.4, -0.2) is 37.0 Å². The van der Waals surface area contributed by atoms with Crippen LogP contribution in [0, 0.1) is 6.92 Å². The number of benzene rings is 1. The standard InChI is InChI=1S/C28H28N6OS/c1-20-9-2-3-11-22(20)31-25(35)14-18-34-27(26(32-28(34)36)23-12-5-7-16-30-23)24-13-8-17-33(24)19-21-10-4-6-15-29-21/h2-13,15-17,26-27H,14,18-19H2,1H3,(H,31,35)(H,32,36)/t26-,27-/m1/s1. The summed E-state index contributed by atoms with van der Waals surface area (Å²) in [5.41, 5.74) is 4.83. The van der Waals surface area contributed by atoms with Crippen LogP contribution in [-0.2, 0) is 11.3 Å². The molecule has 4 heterocycles. The molecule has 1 aromatic carbocycles. The van der Waals surface area contributed by atoms with Crippen molar-refractivity contribution in [3.8, 4) is 0 Å². The van der Waals surface area contributed by atoms with Crippen LogP contribution >= 0.6 is 12.2 Å². The van der Waals surface area contributed by atoms with E-state index in [4.69, 9.17) is 12.2 Å². The minimum absolute atomic E-state index is 0.0454. The number of nitrogens with zero attached hydrogens (tertiary/aromatic N) is 4. The highest BCUT2D eigenvalue weighted by molar-refractivity contribution is 7.80. The van der Waals surface area contributed by atoms with E-state index in [1.807, 2.05) is 73.7 Å². The SMILES string of the molecule is Cc1ccccc1NC(=O)CCN1C(=S)N[C@H](c2ccccn2)[C@H]1c1cccn1Cc1ccccn1. The lowest BCUT2D eigenvalue weighted by Crippen LogP contribution is -2.33. The summed E-state index contributed by atoms with van der Waals surface area (Å²) in [4.78, 5) is 24.1. The molecule has 1 amide bonds. The van der Waals surface area contributed by atoms with Gasteiger partial charge in [-0.25, -0.2) is 0 Å². The Morgan fingerprint density at radius 1 is 1.00 bits per heavy atom. The van der Waals surface area contributed by atoms with Crippen molar-refractivity contribution in [3.05, 3.63) is 114 Å². The number of hydrogen-bond acceptors (Lipinski definition) is 4. The van der Waals surface area contributed by atoms with Crippen LogP contribution in [0.15, 0.2) is 91.4 Å². The summed E-state index contributed by atoms with van der Waals surface area (Å²) in [5, 5.41) is 7.11. The fourth-order valence-electron chi connectivity index (χ4n) is 4.62. The predicted octanol–water partition coefficient (Wildman–Crippen LogP) is 4.64. The summed E-state index contributed by atoms with van der Waals surface area (Å²) in [5.74, 6) is -0.0454. The fraction of sp³-hybridized carbons (Fsp3) is 0.214. The van der Waals surface area contributed by atoms with Gasteiger partial charge in [0.15, 0.2) is 5.11 Å². The van der Waals surface area contributed by atoms with Gasteiger partial charge in [0.2, 0.25) is 5.91 Å². The molecule has 36 heavy (non-hydrogen) atoms. The fourth-order valence-corrected chi connectivity index (χ4v) is 4.95. The molecule has 1 saturated heterocycles. The largest absolute Gasteiger partial charge is 0.352 e. The van der Waals surface area contributed by atoms with Gasteiger partial charge >= 0.3 is 0 Å². The summed E-state index contributed by atoms with van der Waals surface area (Å²) in [7, 11) is 0. The predicted molar refractivity (Wildman–Crippen MR) is 144 cm³/mol. The monoisotopic (exact) mass is 496 g/mol. The van der Waals surface area contributed by atoms with Crippen molar-refractivity contribution in [3.63, 3.8) is 0 Å². The van der Waals surface area contributed by atoms with E-state index in [1.165, 1.54) is 0 Å². The van der Waals surface area contributed by atoms with E-state index in [2.05, 4.69) is 42.3 Å². The summed E-state index contributed by atoms with van der Waals surface area (Å²) in [6.45, 7) is 3.10. The Bertz CT molecular complexity index is 1340. The lowest BCUT2D eigenvalue weighted by atomic mass is 10.0. The van der Waals surface area contributed by atoms with E-state index < -0.39 is 0 Å². The molecule has 2 N–H and O–H groups in total. The van der Waals surface area contributed by atoms with Crippen molar-refractivity contribution in [2.24, 2.45) is 0 Å². The van der Waals surface area contributed by atoms with E-state index in [-0.39, 0.29) is 18.0 Å². The number of carbonyl (C=O) groups is 1. The Morgan fingerprint density at radius 3 is 2.53 bits per heavy atom. The minimum atomic E-state index is -0.143. The van der Waals surface area contributed by atoms with Gasteiger partial charge in [0, 0.05) is 42.9 Å². The molecule has 7 nitrogen and oxygen atoms in total. The van der Waals surface area contributed by atoms with Crippen LogP contribution in [0.5, 0.6) is 0 Å². The molecule has 0 spiro atoms. The summed E-state index contributed by atoms with van der Waals surface area (Å²) in [6, 6.07) is 23.5. The second kappa shape index (κ2) is 10.7. The first-order valence-corrected chi connectivity index (χ1v) is 12.4. The van der Waals surface area contributed by atoms with Gasteiger partial charge < -0.3 is 20.1 Å². The van der Waals surface area contributed by atoms with Crippen LogP contribution in [0.1, 0.15) is 41.1 Å². The zero-order valence-electron chi connectivity index (χ0n) is 20.0. The van der Waals surface area contributed by atoms with Crippen molar-refractivity contribution in [2.75, 3.05) is 11.9 Å². The molecule has 3 aromatic heterocycles. The molecule has 1 fully saturated rings. The smallest absolute Gasteiger partial charge is 0.226 e. The summed E-state index contributed by atoms with van der Waals surface area (Å²) < 4.78 is 2.19. The number of para-hydroxylation sites is 1. The molecule has 1 aliphatic heterocycles. The third-order valence-electron chi connectivity index (χ3n) is 6.42. The van der Waals surface area contributed by atoms with Gasteiger partial charge in [0.1, 0.15) is 0 Å². The summed E-state index contributed by atoms with van der Waals surface area (Å²) in [6.07, 6.45) is 5.97. The van der Waals surface area contributed by atoms with Gasteiger partial charge in [-0.1, -0.05) is 30.3 Å². The zero-order valence-corrected chi connectivity index (χ0v) is 20.9. The maximum atomic E-state index is 12.9. The van der Waals surface area contributed by atoms with Crippen molar-refractivity contribution in [1.82, 2.24) is 24.8 Å². The Hall–Kier alpha value is -4.04. The molecular weight excluding hydrogens is 468 g/mol. The Balaban J connectivity index is 1.40. The quantitative estimate of drug-likeness (QED) is 0.346. The second-order valence-corrected chi connectivity index (χ2v) is 9.20. The molecule has 0 radical (unpaired) electrons. The van der Waals surface area contributed by atoms with Crippen LogP contribution in [0.4, 0.5) is 5.69 Å². The number of thiocarbonyl (C=S) groups is 1. The molecule has 0 saturated carbocycles. The molecule has 4 aromatic rings. The average molecular weight is 497 g/mol. The van der Waals surface area contributed by atoms with Gasteiger partial charge in [0.05, 0.1) is 30.0 Å². The van der Waals surface area contributed by atoms with Gasteiger partial charge in [0.25, 0.3) is 0 Å². The molecule has 0 unspecified atom stereocenters. The van der Waals surface area contributed by atoms with Gasteiger partial charge in [-0.15, -0.1) is 0 Å². The van der Waals surface area contributed by atoms with Crippen LogP contribution in [0.2, 0.25) is 0 Å². The number of hydrogen-bond donors (Lipinski definition) is 2. The topological polar surface area (TPSA) is 75.1 Å². The Morgan fingerprint density at radius 2 is 1.78 bits per heavy atom. The minimum Gasteiger partial charge on any atom is -0.352 e. The number of anilines is 1. The van der Waals surface area contributed by atoms with E-state index in [0.717, 1.165) is 28.3 Å². The first kappa shape index (κ1) is 23.7. The van der Waals surface area contributed by atoms with Gasteiger partial charge in [-0.05, 0) is 67.2 Å². The van der Waals surface area contributed by atoms with E-state index in [9.17, 15) is 4.79 Å². The van der Waals surface area contributed by atoms with Crippen molar-refractivity contribution in [2.45, 2.75) is 32.0 Å². The first-order valence-electron chi connectivity index (χ1n) is 12.0. The molecule has 0 aliphatic carbocycles. The first-order chi connectivity index (χ1) is 17.6. The average Bonchev–Trinajstić information content (AvgIpc) is 3.48. The maximum absolute atomic E-state index is 12.9. The molecule has 0 bridgehead atoms. The van der Waals surface area contributed by atoms with E-state index in [0.29, 0.717) is 24.6 Å². The van der Waals surface area contributed by atoms with Crippen LogP contribution < -0.4 is 10.6 Å². The Kier molecular flexibility index (Phi) is 7.04. The molecule has 1 aliphatic rings. The van der Waals surface area contributed by atoms with Crippen molar-refractivity contribution >= 4 is 28.9 Å². The zero-order chi connectivity index (χ0) is 24.9. The van der Waals surface area contributed by atoms with Crippen molar-refractivity contribution < 1.29 is 4.79 Å². The molecular formula is C28H28N6OS. The number of nitrogens with one attached hydrogen (secondary N) is 2. The summed E-state index contributed by atoms with van der Waals surface area (Å²) >= 11 is 5.78. The number of pyridine rings is 2. The van der Waals surface area contributed by atoms with Gasteiger partial charge in [-0.3, -0.25) is 14.8 Å². The number of aryl methyl sites for hydroxylation is 1. The number of rotatable bonds is 8. The van der Waals surface area contributed by atoms with Crippen LogP contribution in [0.3, 0.4) is 0 Å². The van der Waals surface area contributed by atoms with Crippen molar-refractivity contribution in [1.29, 1.82) is 0 Å².